The third-order valence-electron chi connectivity index (χ3n) is 2.97. The van der Waals surface area contributed by atoms with Gasteiger partial charge < -0.3 is 15.7 Å². The van der Waals surface area contributed by atoms with Crippen molar-refractivity contribution >= 4 is 63.0 Å². The van der Waals surface area contributed by atoms with Gasteiger partial charge >= 0.3 is 6.03 Å². The lowest BCUT2D eigenvalue weighted by Crippen LogP contribution is -2.37. The highest BCUT2D eigenvalue weighted by Gasteiger charge is 2.06. The van der Waals surface area contributed by atoms with E-state index in [1.807, 2.05) is 0 Å². The molecule has 0 spiro atoms. The van der Waals surface area contributed by atoms with Gasteiger partial charge in [0.25, 0.3) is 5.91 Å². The Labute approximate surface area is 167 Å². The number of amides is 3. The van der Waals surface area contributed by atoms with E-state index < -0.39 is 11.9 Å². The van der Waals surface area contributed by atoms with E-state index in [1.54, 1.807) is 18.2 Å². The largest absolute Gasteiger partial charge is 0.507 e. The van der Waals surface area contributed by atoms with Crippen LogP contribution in [0.3, 0.4) is 0 Å². The Kier molecular flexibility index (Phi) is 7.26. The molecule has 2 aromatic rings. The fourth-order valence-corrected chi connectivity index (χ4v) is 2.43. The van der Waals surface area contributed by atoms with Crippen LogP contribution in [0.5, 0.6) is 5.75 Å². The minimum atomic E-state index is -0.591. The molecule has 0 aliphatic heterocycles. The highest BCUT2D eigenvalue weighted by Crippen LogP contribution is 2.24. The van der Waals surface area contributed by atoms with Crippen LogP contribution < -0.4 is 16.1 Å². The zero-order valence-electron chi connectivity index (χ0n) is 13.1. The van der Waals surface area contributed by atoms with E-state index in [1.165, 1.54) is 24.4 Å². The number of urea groups is 1. The number of hydrazone groups is 1. The quantitative estimate of drug-likeness (QED) is 0.404. The van der Waals surface area contributed by atoms with E-state index in [0.717, 1.165) is 4.47 Å². The van der Waals surface area contributed by atoms with Crippen LogP contribution in [-0.4, -0.2) is 29.8 Å². The standard InChI is InChI=1S/C16H13BrCl2N4O3/c17-10-1-4-14(24)9(5-10)7-21-23-15(25)8-20-16(26)22-11-2-3-12(18)13(19)6-11/h1-7,24H,8H2,(H,23,25)(H2,20,22,26). The van der Waals surface area contributed by atoms with Crippen molar-refractivity contribution in [3.8, 4) is 5.75 Å². The smallest absolute Gasteiger partial charge is 0.319 e. The van der Waals surface area contributed by atoms with Gasteiger partial charge in [-0.1, -0.05) is 39.1 Å². The lowest BCUT2D eigenvalue weighted by atomic mass is 10.2. The number of nitrogens with zero attached hydrogens (tertiary/aromatic N) is 1. The zero-order valence-corrected chi connectivity index (χ0v) is 16.2. The van der Waals surface area contributed by atoms with Crippen molar-refractivity contribution in [2.75, 3.05) is 11.9 Å². The van der Waals surface area contributed by atoms with Gasteiger partial charge in [-0.15, -0.1) is 0 Å². The van der Waals surface area contributed by atoms with E-state index in [9.17, 15) is 14.7 Å². The number of halogens is 3. The number of benzene rings is 2. The molecule has 0 aliphatic rings. The first-order chi connectivity index (χ1) is 12.3. The molecule has 0 heterocycles. The minimum absolute atomic E-state index is 0.0188. The Morgan fingerprint density at radius 2 is 1.92 bits per heavy atom. The molecule has 136 valence electrons. The summed E-state index contributed by atoms with van der Waals surface area (Å²) in [6, 6.07) is 8.80. The summed E-state index contributed by atoms with van der Waals surface area (Å²) in [5, 5.41) is 18.9. The van der Waals surface area contributed by atoms with Gasteiger partial charge in [-0.3, -0.25) is 4.79 Å². The average molecular weight is 460 g/mol. The Bertz CT molecular complexity index is 861. The third kappa shape index (κ3) is 6.21. The number of phenolic OH excluding ortho intramolecular Hbond substituents is 1. The SMILES string of the molecule is O=C(CNC(=O)Nc1ccc(Cl)c(Cl)c1)NN=Cc1cc(Br)ccc1O. The summed E-state index contributed by atoms with van der Waals surface area (Å²) in [4.78, 5) is 23.4. The highest BCUT2D eigenvalue weighted by molar-refractivity contribution is 9.10. The van der Waals surface area contributed by atoms with E-state index in [4.69, 9.17) is 23.2 Å². The van der Waals surface area contributed by atoms with E-state index in [0.29, 0.717) is 21.3 Å². The van der Waals surface area contributed by atoms with Gasteiger partial charge in [-0.05, 0) is 36.4 Å². The first kappa shape index (κ1) is 20.0. The number of rotatable bonds is 5. The number of hydrogen-bond acceptors (Lipinski definition) is 4. The van der Waals surface area contributed by atoms with Crippen LogP contribution in [0.4, 0.5) is 10.5 Å². The number of anilines is 1. The van der Waals surface area contributed by atoms with Crippen molar-refractivity contribution < 1.29 is 14.7 Å². The first-order valence-corrected chi connectivity index (χ1v) is 8.70. The molecule has 0 aliphatic carbocycles. The molecule has 0 fully saturated rings. The second-order valence-corrected chi connectivity index (χ2v) is 6.66. The van der Waals surface area contributed by atoms with Crippen LogP contribution >= 0.6 is 39.1 Å². The maximum absolute atomic E-state index is 11.7. The molecule has 0 unspecified atom stereocenters. The Morgan fingerprint density at radius 3 is 2.65 bits per heavy atom. The summed E-state index contributed by atoms with van der Waals surface area (Å²) in [5.41, 5.74) is 3.09. The summed E-state index contributed by atoms with van der Waals surface area (Å²) < 4.78 is 0.753. The molecule has 7 nitrogen and oxygen atoms in total. The number of carbonyl (C=O) groups is 2. The zero-order chi connectivity index (χ0) is 19.1. The topological polar surface area (TPSA) is 103 Å². The molecule has 26 heavy (non-hydrogen) atoms. The van der Waals surface area contributed by atoms with Gasteiger partial charge in [0.05, 0.1) is 16.3 Å². The van der Waals surface area contributed by atoms with Crippen molar-refractivity contribution in [2.45, 2.75) is 0 Å². The van der Waals surface area contributed by atoms with Gasteiger partial charge in [0.15, 0.2) is 0 Å². The summed E-state index contributed by atoms with van der Waals surface area (Å²) in [6.45, 7) is -0.297. The molecule has 0 aromatic heterocycles. The normalized spacial score (nSPS) is 10.6. The van der Waals surface area contributed by atoms with Crippen molar-refractivity contribution in [1.29, 1.82) is 0 Å². The predicted octanol–water partition coefficient (Wildman–Crippen LogP) is 3.73. The molecule has 10 heteroatoms. The number of phenols is 1. The number of hydrogen-bond donors (Lipinski definition) is 4. The van der Waals surface area contributed by atoms with Crippen molar-refractivity contribution in [3.05, 3.63) is 56.5 Å². The molecule has 3 amide bonds. The van der Waals surface area contributed by atoms with Gasteiger partial charge in [0.2, 0.25) is 0 Å². The molecule has 0 atom stereocenters. The third-order valence-corrected chi connectivity index (χ3v) is 4.20. The van der Waals surface area contributed by atoms with E-state index in [2.05, 4.69) is 37.1 Å². The first-order valence-electron chi connectivity index (χ1n) is 7.15. The fraction of sp³-hybridized carbons (Fsp3) is 0.0625. The monoisotopic (exact) mass is 458 g/mol. The molecule has 0 radical (unpaired) electrons. The van der Waals surface area contributed by atoms with Gasteiger partial charge in [0, 0.05) is 15.7 Å². The van der Waals surface area contributed by atoms with E-state index >= 15 is 0 Å². The molecule has 2 rings (SSSR count). The second-order valence-electron chi connectivity index (χ2n) is 4.93. The van der Waals surface area contributed by atoms with Crippen LogP contribution in [0, 0.1) is 0 Å². The lowest BCUT2D eigenvalue weighted by molar-refractivity contribution is -0.120. The molecule has 0 saturated carbocycles. The van der Waals surface area contributed by atoms with Crippen LogP contribution in [0.25, 0.3) is 0 Å². The van der Waals surface area contributed by atoms with Gasteiger partial charge in [-0.25, -0.2) is 10.2 Å². The van der Waals surface area contributed by atoms with E-state index in [-0.39, 0.29) is 12.3 Å². The van der Waals surface area contributed by atoms with Crippen LogP contribution in [0.2, 0.25) is 10.0 Å². The predicted molar refractivity (Wildman–Crippen MR) is 105 cm³/mol. The summed E-state index contributed by atoms with van der Waals surface area (Å²) in [6.07, 6.45) is 1.29. The maximum Gasteiger partial charge on any atom is 0.319 e. The molecular formula is C16H13BrCl2N4O3. The average Bonchev–Trinajstić information content (AvgIpc) is 2.59. The van der Waals surface area contributed by atoms with Crippen LogP contribution in [0.15, 0.2) is 46.0 Å². The lowest BCUT2D eigenvalue weighted by Gasteiger charge is -2.07. The van der Waals surface area contributed by atoms with Gasteiger partial charge in [-0.2, -0.15) is 5.10 Å². The Hall–Kier alpha value is -2.29. The fourth-order valence-electron chi connectivity index (χ4n) is 1.75. The van der Waals surface area contributed by atoms with Crippen LogP contribution in [0.1, 0.15) is 5.56 Å². The summed E-state index contributed by atoms with van der Waals surface area (Å²) in [7, 11) is 0. The number of nitrogens with one attached hydrogen (secondary N) is 3. The molecule has 0 saturated heterocycles. The van der Waals surface area contributed by atoms with Crippen molar-refractivity contribution in [3.63, 3.8) is 0 Å². The number of carbonyl (C=O) groups excluding carboxylic acids is 2. The van der Waals surface area contributed by atoms with Crippen molar-refractivity contribution in [1.82, 2.24) is 10.7 Å². The Morgan fingerprint density at radius 1 is 1.15 bits per heavy atom. The van der Waals surface area contributed by atoms with Crippen LogP contribution in [-0.2, 0) is 4.79 Å². The van der Waals surface area contributed by atoms with Gasteiger partial charge in [0.1, 0.15) is 12.3 Å². The highest BCUT2D eigenvalue weighted by atomic mass is 79.9. The minimum Gasteiger partial charge on any atom is -0.507 e. The maximum atomic E-state index is 11.7. The molecular weight excluding hydrogens is 447 g/mol. The summed E-state index contributed by atoms with van der Waals surface area (Å²) >= 11 is 14.9. The number of aromatic hydroxyl groups is 1. The Balaban J connectivity index is 1.79. The molecule has 4 N–H and O–H groups in total. The molecule has 0 bridgehead atoms. The second kappa shape index (κ2) is 9.42. The molecule has 2 aromatic carbocycles. The van der Waals surface area contributed by atoms with Crippen molar-refractivity contribution in [2.24, 2.45) is 5.10 Å². The summed E-state index contributed by atoms with van der Waals surface area (Å²) in [5.74, 6) is -0.523.